The van der Waals surface area contributed by atoms with Crippen LogP contribution in [0.4, 0.5) is 5.69 Å². The zero-order valence-electron chi connectivity index (χ0n) is 14.3. The molecule has 2 aromatic rings. The Balaban J connectivity index is 1.85. The second-order valence-corrected chi connectivity index (χ2v) is 6.26. The van der Waals surface area contributed by atoms with Crippen LogP contribution in [0.5, 0.6) is 0 Å². The van der Waals surface area contributed by atoms with Crippen molar-refractivity contribution in [1.82, 2.24) is 9.88 Å². The van der Waals surface area contributed by atoms with Gasteiger partial charge in [0.15, 0.2) is 0 Å². The molecule has 7 nitrogen and oxygen atoms in total. The van der Waals surface area contributed by atoms with Gasteiger partial charge in [0.25, 0.3) is 11.8 Å². The number of benzene rings is 1. The standard InChI is InChI=1S/C19H19N3O4/c1-12-3-2-4-15(18(24)22-10-7-14(11-22)19(25)26)16(12)21-17(23)13-5-8-20-9-6-13/h2-6,8-9,14H,7,10-11H2,1H3,(H,21,23)(H,25,26). The number of likely N-dealkylation sites (tertiary alicyclic amines) is 1. The van der Waals surface area contributed by atoms with Crippen LogP contribution in [0, 0.1) is 12.8 Å². The van der Waals surface area contributed by atoms with Gasteiger partial charge in [-0.3, -0.25) is 19.4 Å². The number of rotatable bonds is 4. The van der Waals surface area contributed by atoms with Gasteiger partial charge in [-0.2, -0.15) is 0 Å². The summed E-state index contributed by atoms with van der Waals surface area (Å²) >= 11 is 0. The average molecular weight is 353 g/mol. The molecule has 1 unspecified atom stereocenters. The van der Waals surface area contributed by atoms with Crippen molar-refractivity contribution in [3.05, 3.63) is 59.4 Å². The third-order valence-electron chi connectivity index (χ3n) is 4.51. The van der Waals surface area contributed by atoms with Gasteiger partial charge >= 0.3 is 5.97 Å². The van der Waals surface area contributed by atoms with E-state index in [0.717, 1.165) is 5.56 Å². The Bertz CT molecular complexity index is 851. The predicted molar refractivity (Wildman–Crippen MR) is 95.0 cm³/mol. The first-order chi connectivity index (χ1) is 12.5. The minimum Gasteiger partial charge on any atom is -0.481 e. The third kappa shape index (κ3) is 3.56. The van der Waals surface area contributed by atoms with Crippen molar-refractivity contribution in [2.45, 2.75) is 13.3 Å². The minimum atomic E-state index is -0.893. The van der Waals surface area contributed by atoms with Crippen LogP contribution >= 0.6 is 0 Å². The molecule has 0 radical (unpaired) electrons. The highest BCUT2D eigenvalue weighted by Gasteiger charge is 2.32. The predicted octanol–water partition coefficient (Wildman–Crippen LogP) is 2.19. The molecule has 3 rings (SSSR count). The Morgan fingerprint density at radius 3 is 2.58 bits per heavy atom. The van der Waals surface area contributed by atoms with Gasteiger partial charge in [-0.25, -0.2) is 0 Å². The van der Waals surface area contributed by atoms with Gasteiger partial charge < -0.3 is 15.3 Å². The maximum Gasteiger partial charge on any atom is 0.308 e. The number of amides is 2. The molecular weight excluding hydrogens is 334 g/mol. The number of hydrogen-bond donors (Lipinski definition) is 2. The van der Waals surface area contributed by atoms with Crippen molar-refractivity contribution in [3.8, 4) is 0 Å². The van der Waals surface area contributed by atoms with Crippen molar-refractivity contribution in [3.63, 3.8) is 0 Å². The zero-order chi connectivity index (χ0) is 18.7. The van der Waals surface area contributed by atoms with E-state index in [-0.39, 0.29) is 18.4 Å². The molecule has 1 aliphatic rings. The lowest BCUT2D eigenvalue weighted by atomic mass is 10.1. The summed E-state index contributed by atoms with van der Waals surface area (Å²) in [5, 5.41) is 11.9. The first kappa shape index (κ1) is 17.6. The van der Waals surface area contributed by atoms with E-state index in [4.69, 9.17) is 5.11 Å². The van der Waals surface area contributed by atoms with E-state index in [0.29, 0.717) is 29.8 Å². The molecule has 2 N–H and O–H groups in total. The third-order valence-corrected chi connectivity index (χ3v) is 4.51. The number of aryl methyl sites for hydroxylation is 1. The molecule has 26 heavy (non-hydrogen) atoms. The SMILES string of the molecule is Cc1cccc(C(=O)N2CCC(C(=O)O)C2)c1NC(=O)c1ccncc1. The number of carboxylic acid groups (broad SMARTS) is 1. The van der Waals surface area contributed by atoms with Crippen LogP contribution in [-0.2, 0) is 4.79 Å². The molecule has 134 valence electrons. The number of para-hydroxylation sites is 1. The van der Waals surface area contributed by atoms with E-state index in [1.54, 1.807) is 24.3 Å². The van der Waals surface area contributed by atoms with Gasteiger partial charge in [0.1, 0.15) is 0 Å². The maximum absolute atomic E-state index is 12.9. The minimum absolute atomic E-state index is 0.180. The number of pyridine rings is 1. The monoisotopic (exact) mass is 353 g/mol. The summed E-state index contributed by atoms with van der Waals surface area (Å²) < 4.78 is 0. The van der Waals surface area contributed by atoms with Crippen molar-refractivity contribution in [1.29, 1.82) is 0 Å². The molecule has 0 bridgehead atoms. The summed E-state index contributed by atoms with van der Waals surface area (Å²) in [5.74, 6) is -2.04. The number of anilines is 1. The van der Waals surface area contributed by atoms with Crippen LogP contribution in [0.25, 0.3) is 0 Å². The molecule has 0 spiro atoms. The lowest BCUT2D eigenvalue weighted by Crippen LogP contribution is -2.31. The number of aromatic nitrogens is 1. The molecule has 1 aromatic heterocycles. The van der Waals surface area contributed by atoms with E-state index in [2.05, 4.69) is 10.3 Å². The first-order valence-corrected chi connectivity index (χ1v) is 8.30. The lowest BCUT2D eigenvalue weighted by Gasteiger charge is -2.19. The number of nitrogens with zero attached hydrogens (tertiary/aromatic N) is 2. The van der Waals surface area contributed by atoms with E-state index >= 15 is 0 Å². The highest BCUT2D eigenvalue weighted by atomic mass is 16.4. The molecular formula is C19H19N3O4. The highest BCUT2D eigenvalue weighted by molar-refractivity contribution is 6.09. The molecule has 2 heterocycles. The molecule has 1 saturated heterocycles. The largest absolute Gasteiger partial charge is 0.481 e. The number of aliphatic carboxylic acids is 1. The number of carbonyl (C=O) groups is 3. The normalized spacial score (nSPS) is 16.3. The van der Waals surface area contributed by atoms with E-state index < -0.39 is 11.9 Å². The summed E-state index contributed by atoms with van der Waals surface area (Å²) in [7, 11) is 0. The number of nitrogens with one attached hydrogen (secondary N) is 1. The van der Waals surface area contributed by atoms with Crippen LogP contribution in [0.2, 0.25) is 0 Å². The van der Waals surface area contributed by atoms with Crippen molar-refractivity contribution >= 4 is 23.5 Å². The fraction of sp³-hybridized carbons (Fsp3) is 0.263. The Morgan fingerprint density at radius 2 is 1.92 bits per heavy atom. The summed E-state index contributed by atoms with van der Waals surface area (Å²) in [5.41, 5.74) is 2.00. The highest BCUT2D eigenvalue weighted by Crippen LogP contribution is 2.26. The van der Waals surface area contributed by atoms with E-state index in [1.807, 2.05) is 13.0 Å². The van der Waals surface area contributed by atoms with Gasteiger partial charge in [0.05, 0.1) is 17.2 Å². The first-order valence-electron chi connectivity index (χ1n) is 8.30. The zero-order valence-corrected chi connectivity index (χ0v) is 14.3. The van der Waals surface area contributed by atoms with Crippen LogP contribution < -0.4 is 5.32 Å². The molecule has 7 heteroatoms. The number of hydrogen-bond acceptors (Lipinski definition) is 4. The average Bonchev–Trinajstić information content (AvgIpc) is 3.14. The van der Waals surface area contributed by atoms with Gasteiger partial charge in [-0.15, -0.1) is 0 Å². The molecule has 1 aromatic carbocycles. The molecule has 1 atom stereocenters. The maximum atomic E-state index is 12.9. The summed E-state index contributed by atoms with van der Waals surface area (Å²) in [6, 6.07) is 8.38. The van der Waals surface area contributed by atoms with Crippen molar-refractivity contribution < 1.29 is 19.5 Å². The van der Waals surface area contributed by atoms with Crippen molar-refractivity contribution in [2.24, 2.45) is 5.92 Å². The second-order valence-electron chi connectivity index (χ2n) is 6.26. The molecule has 1 fully saturated rings. The topological polar surface area (TPSA) is 99.6 Å². The lowest BCUT2D eigenvalue weighted by molar-refractivity contribution is -0.141. The number of carbonyl (C=O) groups excluding carboxylic acids is 2. The Morgan fingerprint density at radius 1 is 1.19 bits per heavy atom. The summed E-state index contributed by atoms with van der Waals surface area (Å²) in [4.78, 5) is 41.9. The second kappa shape index (κ2) is 7.35. The molecule has 1 aliphatic heterocycles. The Kier molecular flexibility index (Phi) is 4.97. The van der Waals surface area contributed by atoms with Gasteiger partial charge in [0, 0.05) is 31.0 Å². The summed E-state index contributed by atoms with van der Waals surface area (Å²) in [6.07, 6.45) is 3.48. The van der Waals surface area contributed by atoms with Crippen LogP contribution in [0.3, 0.4) is 0 Å². The number of carboxylic acids is 1. The molecule has 2 amide bonds. The van der Waals surface area contributed by atoms with Crippen LogP contribution in [-0.4, -0.2) is 45.9 Å². The molecule has 0 aliphatic carbocycles. The Hall–Kier alpha value is -3.22. The fourth-order valence-corrected chi connectivity index (χ4v) is 3.02. The van der Waals surface area contributed by atoms with Crippen LogP contribution in [0.15, 0.2) is 42.7 Å². The fourth-order valence-electron chi connectivity index (χ4n) is 3.02. The quantitative estimate of drug-likeness (QED) is 0.878. The van der Waals surface area contributed by atoms with Gasteiger partial charge in [0.2, 0.25) is 0 Å². The van der Waals surface area contributed by atoms with E-state index in [9.17, 15) is 14.4 Å². The molecule has 0 saturated carbocycles. The van der Waals surface area contributed by atoms with Crippen LogP contribution in [0.1, 0.15) is 32.7 Å². The van der Waals surface area contributed by atoms with Gasteiger partial charge in [-0.05, 0) is 37.1 Å². The van der Waals surface area contributed by atoms with E-state index in [1.165, 1.54) is 17.3 Å². The smallest absolute Gasteiger partial charge is 0.308 e. The Labute approximate surface area is 150 Å². The summed E-state index contributed by atoms with van der Waals surface area (Å²) in [6.45, 7) is 2.38. The van der Waals surface area contributed by atoms with Crippen molar-refractivity contribution in [2.75, 3.05) is 18.4 Å². The van der Waals surface area contributed by atoms with Gasteiger partial charge in [-0.1, -0.05) is 12.1 Å².